The predicted molar refractivity (Wildman–Crippen MR) is 142 cm³/mol. The molecule has 2 aromatic carbocycles. The van der Waals surface area contributed by atoms with Crippen molar-refractivity contribution in [1.29, 1.82) is 0 Å². The number of aliphatic imine (C=N–C) groups is 1. The smallest absolute Gasteiger partial charge is 0.220 e. The molecule has 3 rings (SSSR count). The van der Waals surface area contributed by atoms with Gasteiger partial charge in [0.2, 0.25) is 5.91 Å². The number of rotatable bonds is 8. The number of carbonyl (C=O) groups excluding carboxylic acids is 1. The highest BCUT2D eigenvalue weighted by Crippen LogP contribution is 2.29. The molecule has 0 saturated carbocycles. The molecule has 1 heterocycles. The summed E-state index contributed by atoms with van der Waals surface area (Å²) in [5.74, 6) is 2.40. The van der Waals surface area contributed by atoms with Crippen molar-refractivity contribution in [1.82, 2.24) is 15.5 Å². The van der Waals surface area contributed by atoms with E-state index in [-0.39, 0.29) is 29.9 Å². The van der Waals surface area contributed by atoms with Crippen molar-refractivity contribution in [2.45, 2.75) is 26.2 Å². The Kier molecular flexibility index (Phi) is 11.3. The summed E-state index contributed by atoms with van der Waals surface area (Å²) in [4.78, 5) is 18.7. The third kappa shape index (κ3) is 7.69. The number of ether oxygens (including phenoxy) is 1. The largest absolute Gasteiger partial charge is 0.491 e. The number of benzene rings is 2. The minimum Gasteiger partial charge on any atom is -0.491 e. The van der Waals surface area contributed by atoms with Crippen molar-refractivity contribution in [3.8, 4) is 16.9 Å². The molecule has 2 aromatic rings. The Hall–Kier alpha value is -2.29. The fourth-order valence-corrected chi connectivity index (χ4v) is 3.89. The maximum atomic E-state index is 11.6. The van der Waals surface area contributed by atoms with Crippen LogP contribution in [0.3, 0.4) is 0 Å². The molecular weight excluding hydrogens is 515 g/mol. The molecule has 174 valence electrons. The summed E-state index contributed by atoms with van der Waals surface area (Å²) in [7, 11) is 1.70. The van der Waals surface area contributed by atoms with E-state index >= 15 is 0 Å². The minimum atomic E-state index is 0. The maximum absolute atomic E-state index is 11.6. The van der Waals surface area contributed by atoms with Crippen molar-refractivity contribution in [3.63, 3.8) is 0 Å². The Labute approximate surface area is 208 Å². The van der Waals surface area contributed by atoms with Gasteiger partial charge in [0.1, 0.15) is 12.4 Å². The first-order valence-corrected chi connectivity index (χ1v) is 11.2. The number of hydrogen-bond donors (Lipinski definition) is 2. The van der Waals surface area contributed by atoms with Gasteiger partial charge in [0, 0.05) is 38.7 Å². The van der Waals surface area contributed by atoms with Gasteiger partial charge in [-0.05, 0) is 37.3 Å². The van der Waals surface area contributed by atoms with Gasteiger partial charge in [-0.1, -0.05) is 48.5 Å². The molecule has 7 heteroatoms. The average Bonchev–Trinajstić information content (AvgIpc) is 2.82. The molecule has 1 fully saturated rings. The Morgan fingerprint density at radius 3 is 2.47 bits per heavy atom. The van der Waals surface area contributed by atoms with Crippen LogP contribution in [-0.4, -0.2) is 56.6 Å². The van der Waals surface area contributed by atoms with Gasteiger partial charge >= 0.3 is 0 Å². The lowest BCUT2D eigenvalue weighted by Gasteiger charge is -2.34. The Balaban J connectivity index is 0.00000363. The molecule has 0 aromatic heterocycles. The highest BCUT2D eigenvalue weighted by Gasteiger charge is 2.23. The van der Waals surface area contributed by atoms with E-state index in [1.807, 2.05) is 36.4 Å². The van der Waals surface area contributed by atoms with E-state index < -0.39 is 0 Å². The van der Waals surface area contributed by atoms with Crippen molar-refractivity contribution in [2.75, 3.05) is 39.8 Å². The summed E-state index contributed by atoms with van der Waals surface area (Å²) in [6, 6.07) is 18.4. The molecule has 0 unspecified atom stereocenters. The second-order valence-electron chi connectivity index (χ2n) is 7.75. The summed E-state index contributed by atoms with van der Waals surface area (Å²) < 4.78 is 6.08. The van der Waals surface area contributed by atoms with Crippen LogP contribution in [0.5, 0.6) is 5.75 Å². The normalized spacial score (nSPS) is 14.4. The molecule has 1 amide bonds. The van der Waals surface area contributed by atoms with Crippen LogP contribution >= 0.6 is 24.0 Å². The van der Waals surface area contributed by atoms with Gasteiger partial charge in [-0.25, -0.2) is 4.99 Å². The fourth-order valence-electron chi connectivity index (χ4n) is 3.89. The van der Waals surface area contributed by atoms with Gasteiger partial charge in [-0.3, -0.25) is 4.79 Å². The zero-order valence-electron chi connectivity index (χ0n) is 19.0. The summed E-state index contributed by atoms with van der Waals surface area (Å²) in [6.07, 6.45) is 2.64. The second-order valence-corrected chi connectivity index (χ2v) is 7.75. The Bertz CT molecular complexity index is 852. The first kappa shape index (κ1) is 26.0. The van der Waals surface area contributed by atoms with E-state index in [1.165, 1.54) is 0 Å². The molecule has 32 heavy (non-hydrogen) atoms. The molecule has 0 radical (unpaired) electrons. The average molecular weight is 550 g/mol. The number of guanidine groups is 1. The van der Waals surface area contributed by atoms with Crippen molar-refractivity contribution in [3.05, 3.63) is 54.6 Å². The van der Waals surface area contributed by atoms with Gasteiger partial charge in [0.25, 0.3) is 0 Å². The summed E-state index contributed by atoms with van der Waals surface area (Å²) in [5, 5.41) is 6.12. The molecule has 1 saturated heterocycles. The molecular formula is C25H35IN4O2. The quantitative estimate of drug-likeness (QED) is 0.224. The predicted octanol–water partition coefficient (Wildman–Crippen LogP) is 4.16. The number of nitrogens with one attached hydrogen (secondary N) is 2. The first-order valence-electron chi connectivity index (χ1n) is 11.2. The van der Waals surface area contributed by atoms with Crippen LogP contribution in [-0.2, 0) is 4.79 Å². The molecule has 1 aliphatic heterocycles. The van der Waals surface area contributed by atoms with Crippen LogP contribution in [0.2, 0.25) is 0 Å². The van der Waals surface area contributed by atoms with E-state index in [1.54, 1.807) is 7.05 Å². The van der Waals surface area contributed by atoms with Gasteiger partial charge < -0.3 is 20.3 Å². The van der Waals surface area contributed by atoms with E-state index in [9.17, 15) is 4.79 Å². The number of piperidine rings is 1. The highest BCUT2D eigenvalue weighted by molar-refractivity contribution is 14.0. The third-order valence-corrected chi connectivity index (χ3v) is 5.58. The monoisotopic (exact) mass is 550 g/mol. The SMILES string of the molecule is CCNC(=NCCOc1ccccc1-c1ccccc1)N1CCC(CC(=O)NC)CC1.I. The van der Waals surface area contributed by atoms with Crippen molar-refractivity contribution in [2.24, 2.45) is 10.9 Å². The van der Waals surface area contributed by atoms with Gasteiger partial charge in [-0.15, -0.1) is 24.0 Å². The summed E-state index contributed by atoms with van der Waals surface area (Å²) >= 11 is 0. The van der Waals surface area contributed by atoms with Crippen molar-refractivity contribution < 1.29 is 9.53 Å². The van der Waals surface area contributed by atoms with Crippen LogP contribution < -0.4 is 15.4 Å². The zero-order valence-corrected chi connectivity index (χ0v) is 21.4. The number of amides is 1. The van der Waals surface area contributed by atoms with E-state index in [4.69, 9.17) is 9.73 Å². The van der Waals surface area contributed by atoms with E-state index in [2.05, 4.69) is 40.7 Å². The number of para-hydroxylation sites is 1. The summed E-state index contributed by atoms with van der Waals surface area (Å²) in [6.45, 7) is 5.86. The van der Waals surface area contributed by atoms with Crippen LogP contribution in [0.15, 0.2) is 59.6 Å². The van der Waals surface area contributed by atoms with Gasteiger partial charge in [-0.2, -0.15) is 0 Å². The molecule has 1 aliphatic rings. The Morgan fingerprint density at radius 2 is 1.78 bits per heavy atom. The molecule has 6 nitrogen and oxygen atoms in total. The van der Waals surface area contributed by atoms with Crippen LogP contribution in [0.4, 0.5) is 0 Å². The number of hydrogen-bond acceptors (Lipinski definition) is 3. The number of likely N-dealkylation sites (tertiary alicyclic amines) is 1. The lowest BCUT2D eigenvalue weighted by atomic mass is 9.93. The van der Waals surface area contributed by atoms with Crippen LogP contribution in [0, 0.1) is 5.92 Å². The first-order chi connectivity index (χ1) is 15.2. The number of carbonyl (C=O) groups is 1. The molecule has 2 N–H and O–H groups in total. The second kappa shape index (κ2) is 14.0. The highest BCUT2D eigenvalue weighted by atomic mass is 127. The molecule has 0 atom stereocenters. The van der Waals surface area contributed by atoms with Crippen molar-refractivity contribution >= 4 is 35.8 Å². The van der Waals surface area contributed by atoms with E-state index in [0.717, 1.165) is 55.3 Å². The van der Waals surface area contributed by atoms with E-state index in [0.29, 0.717) is 25.5 Å². The van der Waals surface area contributed by atoms with Gasteiger partial charge in [0.05, 0.1) is 6.54 Å². The van der Waals surface area contributed by atoms with Crippen LogP contribution in [0.1, 0.15) is 26.2 Å². The maximum Gasteiger partial charge on any atom is 0.220 e. The minimum absolute atomic E-state index is 0. The van der Waals surface area contributed by atoms with Gasteiger partial charge in [0.15, 0.2) is 5.96 Å². The molecule has 0 aliphatic carbocycles. The fraction of sp³-hybridized carbons (Fsp3) is 0.440. The number of halogens is 1. The lowest BCUT2D eigenvalue weighted by molar-refractivity contribution is -0.121. The lowest BCUT2D eigenvalue weighted by Crippen LogP contribution is -2.46. The zero-order chi connectivity index (χ0) is 21.9. The van der Waals surface area contributed by atoms with Crippen LogP contribution in [0.25, 0.3) is 11.1 Å². The summed E-state index contributed by atoms with van der Waals surface area (Å²) in [5.41, 5.74) is 2.24. The molecule has 0 spiro atoms. The Morgan fingerprint density at radius 1 is 1.09 bits per heavy atom. The third-order valence-electron chi connectivity index (χ3n) is 5.58. The topological polar surface area (TPSA) is 66.0 Å². The standard InChI is InChI=1S/C25H34N4O2.HI/c1-3-27-25(29-16-13-20(14-17-29)19-24(30)26-2)28-15-18-31-23-12-8-7-11-22(23)21-9-5-4-6-10-21;/h4-12,20H,3,13-19H2,1-2H3,(H,26,30)(H,27,28);1H. The molecule has 0 bridgehead atoms. The number of nitrogens with zero attached hydrogens (tertiary/aromatic N) is 2.